The second kappa shape index (κ2) is 9.11. The van der Waals surface area contributed by atoms with Crippen LogP contribution in [0.2, 0.25) is 0 Å². The van der Waals surface area contributed by atoms with Crippen LogP contribution in [0.3, 0.4) is 0 Å². The fourth-order valence-electron chi connectivity index (χ4n) is 3.25. The lowest BCUT2D eigenvalue weighted by molar-refractivity contribution is -0.168. The Morgan fingerprint density at radius 1 is 0.963 bits per heavy atom. The number of hydrogen-bond donors (Lipinski definition) is 0. The zero-order valence-electron chi connectivity index (χ0n) is 16.4. The maximum atomic E-state index is 13.5. The van der Waals surface area contributed by atoms with Crippen LogP contribution in [0.1, 0.15) is 54.8 Å². The summed E-state index contributed by atoms with van der Waals surface area (Å²) in [6, 6.07) is 6.74. The lowest BCUT2D eigenvalue weighted by Gasteiger charge is -2.36. The van der Waals surface area contributed by atoms with Crippen molar-refractivity contribution in [3.63, 3.8) is 0 Å². The molecular formula is C19H28NO6P. The van der Waals surface area contributed by atoms with Gasteiger partial charge >= 0.3 is 0 Å². The van der Waals surface area contributed by atoms with E-state index < -0.39 is 12.9 Å². The van der Waals surface area contributed by atoms with Gasteiger partial charge in [0.1, 0.15) is 0 Å². The number of rotatable bonds is 11. The third kappa shape index (κ3) is 4.32. The topological polar surface area (TPSA) is 82.1 Å². The van der Waals surface area contributed by atoms with Gasteiger partial charge in [-0.3, -0.25) is 19.1 Å². The summed E-state index contributed by atoms with van der Waals surface area (Å²) in [5, 5.41) is 0. The highest BCUT2D eigenvalue weighted by atomic mass is 31.2. The van der Waals surface area contributed by atoms with Crippen molar-refractivity contribution in [1.82, 2.24) is 4.90 Å². The largest absolute Gasteiger partial charge is 0.342 e. The summed E-state index contributed by atoms with van der Waals surface area (Å²) in [6.45, 7) is 8.04. The molecule has 1 aliphatic heterocycles. The molecule has 1 aromatic rings. The quantitative estimate of drug-likeness (QED) is 0.321. The molecule has 150 valence electrons. The van der Waals surface area contributed by atoms with Gasteiger partial charge in [-0.2, -0.15) is 0 Å². The Kier molecular flexibility index (Phi) is 7.34. The number of carbonyl (C=O) groups excluding carboxylic acids is 2. The van der Waals surface area contributed by atoms with Crippen molar-refractivity contribution in [2.45, 2.75) is 39.6 Å². The zero-order valence-corrected chi connectivity index (χ0v) is 17.3. The van der Waals surface area contributed by atoms with Gasteiger partial charge in [0.2, 0.25) is 5.53 Å². The maximum absolute atomic E-state index is 13.5. The minimum absolute atomic E-state index is 0.144. The summed E-state index contributed by atoms with van der Waals surface area (Å²) >= 11 is 0. The number of imide groups is 1. The molecule has 7 nitrogen and oxygen atoms in total. The van der Waals surface area contributed by atoms with E-state index in [0.717, 1.165) is 0 Å². The van der Waals surface area contributed by atoms with E-state index in [-0.39, 0.29) is 31.1 Å². The average Bonchev–Trinajstić information content (AvgIpc) is 2.87. The summed E-state index contributed by atoms with van der Waals surface area (Å²) in [7, 11) is -3.34. The van der Waals surface area contributed by atoms with Crippen LogP contribution in [0.5, 0.6) is 0 Å². The Morgan fingerprint density at radius 3 is 1.93 bits per heavy atom. The first kappa shape index (κ1) is 21.8. The molecule has 1 aliphatic rings. The lowest BCUT2D eigenvalue weighted by Crippen LogP contribution is -2.36. The van der Waals surface area contributed by atoms with Gasteiger partial charge in [-0.1, -0.05) is 12.1 Å². The molecule has 0 saturated carbocycles. The molecule has 1 aromatic carbocycles. The van der Waals surface area contributed by atoms with Crippen LogP contribution < -0.4 is 0 Å². The minimum atomic E-state index is -3.34. The molecule has 0 fully saturated rings. The molecule has 0 N–H and O–H groups in total. The molecule has 2 rings (SSSR count). The summed E-state index contributed by atoms with van der Waals surface area (Å²) in [5.41, 5.74) is -0.540. The Bertz CT molecular complexity index is 694. The molecule has 0 bridgehead atoms. The van der Waals surface area contributed by atoms with Gasteiger partial charge in [0, 0.05) is 25.9 Å². The second-order valence-corrected chi connectivity index (χ2v) is 9.10. The van der Waals surface area contributed by atoms with Crippen LogP contribution >= 0.6 is 7.37 Å². The van der Waals surface area contributed by atoms with Crippen molar-refractivity contribution >= 4 is 19.2 Å². The molecule has 0 spiro atoms. The van der Waals surface area contributed by atoms with Crippen LogP contribution in [0, 0.1) is 0 Å². The molecule has 8 heteroatoms. The van der Waals surface area contributed by atoms with E-state index in [1.54, 1.807) is 52.0 Å². The molecule has 0 radical (unpaired) electrons. The van der Waals surface area contributed by atoms with Gasteiger partial charge in [-0.15, -0.1) is 0 Å². The number of benzene rings is 1. The van der Waals surface area contributed by atoms with E-state index >= 15 is 0 Å². The van der Waals surface area contributed by atoms with Crippen molar-refractivity contribution in [2.24, 2.45) is 0 Å². The fourth-order valence-corrected chi connectivity index (χ4v) is 5.64. The van der Waals surface area contributed by atoms with E-state index in [1.807, 2.05) is 0 Å². The van der Waals surface area contributed by atoms with Gasteiger partial charge in [-0.05, 0) is 46.2 Å². The molecule has 1 unspecified atom stereocenters. The smallest absolute Gasteiger partial charge is 0.261 e. The SMILES string of the molecule is CCOC(C)(OCC)P(=O)(CCCN1C(=O)c2ccccc2C1=O)OCC. The number of carbonyl (C=O) groups is 2. The highest BCUT2D eigenvalue weighted by molar-refractivity contribution is 7.60. The number of hydrogen-bond acceptors (Lipinski definition) is 6. The first-order chi connectivity index (χ1) is 12.8. The van der Waals surface area contributed by atoms with Crippen molar-refractivity contribution in [3.05, 3.63) is 35.4 Å². The highest BCUT2D eigenvalue weighted by Gasteiger charge is 2.47. The van der Waals surface area contributed by atoms with E-state index in [4.69, 9.17) is 14.0 Å². The third-order valence-electron chi connectivity index (χ3n) is 4.49. The summed E-state index contributed by atoms with van der Waals surface area (Å²) < 4.78 is 30.4. The lowest BCUT2D eigenvalue weighted by atomic mass is 10.1. The molecule has 0 saturated heterocycles. The van der Waals surface area contributed by atoms with Crippen LogP contribution in [-0.2, 0) is 18.6 Å². The standard InChI is InChI=1S/C19H28NO6P/c1-5-24-19(4,25-6-2)27(23,26-7-3)14-10-13-20-17(21)15-11-8-9-12-16(15)18(20)22/h8-9,11-12H,5-7,10,13-14H2,1-4H3. The number of ether oxygens (including phenoxy) is 2. The Morgan fingerprint density at radius 2 is 1.48 bits per heavy atom. The van der Waals surface area contributed by atoms with Crippen molar-refractivity contribution < 1.29 is 28.2 Å². The van der Waals surface area contributed by atoms with Gasteiger partial charge < -0.3 is 14.0 Å². The molecule has 0 aliphatic carbocycles. The van der Waals surface area contributed by atoms with Crippen LogP contribution in [-0.4, -0.2) is 54.8 Å². The van der Waals surface area contributed by atoms with E-state index in [2.05, 4.69) is 0 Å². The van der Waals surface area contributed by atoms with E-state index in [1.165, 1.54) is 4.90 Å². The van der Waals surface area contributed by atoms with Crippen LogP contribution in [0.15, 0.2) is 24.3 Å². The van der Waals surface area contributed by atoms with Gasteiger partial charge in [0.25, 0.3) is 19.2 Å². The monoisotopic (exact) mass is 397 g/mol. The summed E-state index contributed by atoms with van der Waals surface area (Å²) in [5.74, 6) is -0.640. The van der Waals surface area contributed by atoms with Gasteiger partial charge in [0.15, 0.2) is 0 Å². The molecule has 27 heavy (non-hydrogen) atoms. The van der Waals surface area contributed by atoms with Gasteiger partial charge in [-0.25, -0.2) is 0 Å². The number of amides is 2. The first-order valence-electron chi connectivity index (χ1n) is 9.30. The number of fused-ring (bicyclic) bond motifs is 1. The van der Waals surface area contributed by atoms with Crippen molar-refractivity contribution in [3.8, 4) is 0 Å². The Balaban J connectivity index is 2.10. The zero-order chi connectivity index (χ0) is 20.1. The predicted octanol–water partition coefficient (Wildman–Crippen LogP) is 3.73. The molecule has 1 heterocycles. The van der Waals surface area contributed by atoms with E-state index in [9.17, 15) is 14.2 Å². The first-order valence-corrected chi connectivity index (χ1v) is 11.1. The van der Waals surface area contributed by atoms with Crippen LogP contribution in [0.25, 0.3) is 0 Å². The molecular weight excluding hydrogens is 369 g/mol. The fraction of sp³-hybridized carbons (Fsp3) is 0.579. The van der Waals surface area contributed by atoms with Crippen molar-refractivity contribution in [2.75, 3.05) is 32.5 Å². The number of nitrogens with zero attached hydrogens (tertiary/aromatic N) is 1. The van der Waals surface area contributed by atoms with E-state index in [0.29, 0.717) is 30.8 Å². The minimum Gasteiger partial charge on any atom is -0.342 e. The van der Waals surface area contributed by atoms with Gasteiger partial charge in [0.05, 0.1) is 17.7 Å². The summed E-state index contributed by atoms with van der Waals surface area (Å²) in [4.78, 5) is 26.1. The van der Waals surface area contributed by atoms with Crippen molar-refractivity contribution in [1.29, 1.82) is 0 Å². The predicted molar refractivity (Wildman–Crippen MR) is 102 cm³/mol. The molecule has 0 aromatic heterocycles. The Labute approximate surface area is 160 Å². The third-order valence-corrected chi connectivity index (χ3v) is 7.57. The maximum Gasteiger partial charge on any atom is 0.261 e. The summed E-state index contributed by atoms with van der Waals surface area (Å²) in [6.07, 6.45) is 0.475. The average molecular weight is 397 g/mol. The molecule has 2 amide bonds. The Hall–Kier alpha value is -1.53. The van der Waals surface area contributed by atoms with Crippen LogP contribution in [0.4, 0.5) is 0 Å². The second-order valence-electron chi connectivity index (χ2n) is 6.24. The molecule has 1 atom stereocenters. The highest BCUT2D eigenvalue weighted by Crippen LogP contribution is 2.60. The normalized spacial score (nSPS) is 16.5.